The Labute approximate surface area is 183 Å². The van der Waals surface area contributed by atoms with Crippen LogP contribution < -0.4 is 4.90 Å². The summed E-state index contributed by atoms with van der Waals surface area (Å²) >= 11 is 0. The number of nitrogens with zero attached hydrogens (tertiary/aromatic N) is 4. The topological polar surface area (TPSA) is 75.5 Å². The molecule has 8 heteroatoms. The standard InChI is InChI=1S/C23H28N4O3S/c1-16-7-9-20-17(14-16)6-5-13-27(20)23(28)12-11-22-24-19-15-18(31(29,30)25(2)3)8-10-21(19)26(22)4/h7-10,14-15H,5-6,11-13H2,1-4H3. The lowest BCUT2D eigenvalue weighted by Gasteiger charge is -2.30. The number of amides is 1. The van der Waals surface area contributed by atoms with Gasteiger partial charge in [0.1, 0.15) is 5.82 Å². The van der Waals surface area contributed by atoms with Gasteiger partial charge in [0.15, 0.2) is 0 Å². The summed E-state index contributed by atoms with van der Waals surface area (Å²) in [5, 5.41) is 0. The fourth-order valence-corrected chi connectivity index (χ4v) is 5.09. The molecule has 1 aliphatic heterocycles. The number of aryl methyl sites for hydroxylation is 4. The van der Waals surface area contributed by atoms with Crippen LogP contribution in [0.15, 0.2) is 41.3 Å². The molecule has 7 nitrogen and oxygen atoms in total. The minimum absolute atomic E-state index is 0.0905. The third-order valence-corrected chi connectivity index (χ3v) is 7.75. The average Bonchev–Trinajstić information content (AvgIpc) is 3.06. The van der Waals surface area contributed by atoms with Crippen molar-refractivity contribution in [2.75, 3.05) is 25.5 Å². The number of hydrogen-bond acceptors (Lipinski definition) is 4. The molecule has 0 saturated carbocycles. The first kappa shape index (κ1) is 21.5. The number of hydrogen-bond donors (Lipinski definition) is 0. The molecule has 2 heterocycles. The summed E-state index contributed by atoms with van der Waals surface area (Å²) in [5.74, 6) is 0.858. The molecule has 1 aliphatic rings. The summed E-state index contributed by atoms with van der Waals surface area (Å²) in [6, 6.07) is 11.2. The summed E-state index contributed by atoms with van der Waals surface area (Å²) < 4.78 is 28.0. The summed E-state index contributed by atoms with van der Waals surface area (Å²) in [6.45, 7) is 2.81. The molecule has 1 aromatic heterocycles. The van der Waals surface area contributed by atoms with E-state index < -0.39 is 10.0 Å². The van der Waals surface area contributed by atoms with Gasteiger partial charge in [0.2, 0.25) is 15.9 Å². The molecule has 1 amide bonds. The Balaban J connectivity index is 1.55. The smallest absolute Gasteiger partial charge is 0.242 e. The van der Waals surface area contributed by atoms with E-state index in [1.54, 1.807) is 18.2 Å². The Morgan fingerprint density at radius 3 is 2.68 bits per heavy atom. The first-order valence-electron chi connectivity index (χ1n) is 10.5. The van der Waals surface area contributed by atoms with Gasteiger partial charge in [-0.15, -0.1) is 0 Å². The zero-order valence-corrected chi connectivity index (χ0v) is 19.2. The van der Waals surface area contributed by atoms with Crippen LogP contribution in [-0.2, 0) is 34.7 Å². The number of carbonyl (C=O) groups is 1. The van der Waals surface area contributed by atoms with E-state index in [-0.39, 0.29) is 10.8 Å². The Hall–Kier alpha value is -2.71. The molecule has 0 N–H and O–H groups in total. The van der Waals surface area contributed by atoms with Crippen molar-refractivity contribution in [1.82, 2.24) is 13.9 Å². The number of aromatic nitrogens is 2. The van der Waals surface area contributed by atoms with E-state index in [0.717, 1.165) is 36.4 Å². The van der Waals surface area contributed by atoms with Gasteiger partial charge in [-0.3, -0.25) is 4.79 Å². The fourth-order valence-electron chi connectivity index (χ4n) is 4.16. The molecular formula is C23H28N4O3S. The lowest BCUT2D eigenvalue weighted by atomic mass is 9.99. The van der Waals surface area contributed by atoms with Gasteiger partial charge in [-0.25, -0.2) is 17.7 Å². The van der Waals surface area contributed by atoms with Gasteiger partial charge in [-0.05, 0) is 49.6 Å². The molecule has 0 unspecified atom stereocenters. The van der Waals surface area contributed by atoms with Crippen molar-refractivity contribution in [3.8, 4) is 0 Å². The predicted molar refractivity (Wildman–Crippen MR) is 122 cm³/mol. The van der Waals surface area contributed by atoms with Crippen LogP contribution in [0, 0.1) is 6.92 Å². The summed E-state index contributed by atoms with van der Waals surface area (Å²) in [7, 11) is 1.39. The summed E-state index contributed by atoms with van der Waals surface area (Å²) in [5.41, 5.74) is 4.93. The van der Waals surface area contributed by atoms with E-state index >= 15 is 0 Å². The third kappa shape index (κ3) is 3.97. The lowest BCUT2D eigenvalue weighted by molar-refractivity contribution is -0.118. The van der Waals surface area contributed by atoms with Crippen molar-refractivity contribution in [3.63, 3.8) is 0 Å². The Morgan fingerprint density at radius 1 is 1.16 bits per heavy atom. The fraction of sp³-hybridized carbons (Fsp3) is 0.391. The van der Waals surface area contributed by atoms with Crippen LogP contribution in [-0.4, -0.2) is 48.8 Å². The van der Waals surface area contributed by atoms with Crippen LogP contribution in [0.3, 0.4) is 0 Å². The zero-order chi connectivity index (χ0) is 22.3. The largest absolute Gasteiger partial charge is 0.331 e. The number of fused-ring (bicyclic) bond motifs is 2. The van der Waals surface area contributed by atoms with Crippen LogP contribution in [0.2, 0.25) is 0 Å². The molecule has 31 heavy (non-hydrogen) atoms. The van der Waals surface area contributed by atoms with Crippen LogP contribution in [0.1, 0.15) is 29.8 Å². The molecule has 0 fully saturated rings. The number of imidazole rings is 1. The van der Waals surface area contributed by atoms with Crippen LogP contribution in [0.4, 0.5) is 5.69 Å². The molecule has 2 aromatic carbocycles. The van der Waals surface area contributed by atoms with E-state index in [1.165, 1.54) is 29.5 Å². The molecule has 0 saturated heterocycles. The van der Waals surface area contributed by atoms with Crippen molar-refractivity contribution in [2.45, 2.75) is 37.5 Å². The Kier molecular flexibility index (Phi) is 5.61. The average molecular weight is 441 g/mol. The predicted octanol–water partition coefficient (Wildman–Crippen LogP) is 3.04. The number of sulfonamides is 1. The van der Waals surface area contributed by atoms with Gasteiger partial charge in [-0.1, -0.05) is 17.7 Å². The lowest BCUT2D eigenvalue weighted by Crippen LogP contribution is -2.35. The van der Waals surface area contributed by atoms with E-state index in [2.05, 4.69) is 24.0 Å². The first-order chi connectivity index (χ1) is 14.7. The van der Waals surface area contributed by atoms with Gasteiger partial charge in [0.05, 0.1) is 15.9 Å². The highest BCUT2D eigenvalue weighted by atomic mass is 32.2. The molecule has 0 spiro atoms. The number of rotatable bonds is 5. The van der Waals surface area contributed by atoms with Crippen molar-refractivity contribution in [1.29, 1.82) is 0 Å². The van der Waals surface area contributed by atoms with E-state index in [1.807, 2.05) is 22.6 Å². The SMILES string of the molecule is Cc1ccc2c(c1)CCCN2C(=O)CCc1nc2cc(S(=O)(=O)N(C)C)ccc2n1C. The molecule has 164 valence electrons. The van der Waals surface area contributed by atoms with Crippen molar-refractivity contribution >= 4 is 32.7 Å². The first-order valence-corrected chi connectivity index (χ1v) is 11.9. The van der Waals surface area contributed by atoms with Gasteiger partial charge in [-0.2, -0.15) is 0 Å². The third-order valence-electron chi connectivity index (χ3n) is 5.94. The van der Waals surface area contributed by atoms with Crippen LogP contribution in [0.25, 0.3) is 11.0 Å². The Morgan fingerprint density at radius 2 is 1.94 bits per heavy atom. The van der Waals surface area contributed by atoms with E-state index in [9.17, 15) is 13.2 Å². The summed E-state index contributed by atoms with van der Waals surface area (Å²) in [4.78, 5) is 19.7. The van der Waals surface area contributed by atoms with Crippen LogP contribution >= 0.6 is 0 Å². The van der Waals surface area contributed by atoms with Gasteiger partial charge in [0, 0.05) is 46.2 Å². The van der Waals surface area contributed by atoms with Crippen LogP contribution in [0.5, 0.6) is 0 Å². The zero-order valence-electron chi connectivity index (χ0n) is 18.4. The molecule has 4 rings (SSSR count). The van der Waals surface area contributed by atoms with Crippen molar-refractivity contribution in [2.24, 2.45) is 7.05 Å². The molecule has 3 aromatic rings. The van der Waals surface area contributed by atoms with E-state index in [4.69, 9.17) is 0 Å². The maximum Gasteiger partial charge on any atom is 0.242 e. The summed E-state index contributed by atoms with van der Waals surface area (Å²) in [6.07, 6.45) is 2.83. The highest BCUT2D eigenvalue weighted by Gasteiger charge is 2.23. The molecule has 0 aliphatic carbocycles. The monoisotopic (exact) mass is 440 g/mol. The second kappa shape index (κ2) is 8.09. The van der Waals surface area contributed by atoms with Gasteiger partial charge >= 0.3 is 0 Å². The van der Waals surface area contributed by atoms with Crippen molar-refractivity contribution < 1.29 is 13.2 Å². The van der Waals surface area contributed by atoms with Crippen molar-refractivity contribution in [3.05, 3.63) is 53.3 Å². The Bertz CT molecular complexity index is 1260. The number of anilines is 1. The van der Waals surface area contributed by atoms with E-state index in [0.29, 0.717) is 18.4 Å². The quantitative estimate of drug-likeness (QED) is 0.611. The molecule has 0 bridgehead atoms. The highest BCUT2D eigenvalue weighted by Crippen LogP contribution is 2.29. The second-order valence-electron chi connectivity index (χ2n) is 8.31. The maximum atomic E-state index is 13.0. The highest BCUT2D eigenvalue weighted by molar-refractivity contribution is 7.89. The molecule has 0 radical (unpaired) electrons. The van der Waals surface area contributed by atoms with Gasteiger partial charge < -0.3 is 9.47 Å². The normalized spacial score (nSPS) is 14.3. The minimum atomic E-state index is -3.52. The maximum absolute atomic E-state index is 13.0. The molecular weight excluding hydrogens is 412 g/mol. The van der Waals surface area contributed by atoms with Gasteiger partial charge in [0.25, 0.3) is 0 Å². The minimum Gasteiger partial charge on any atom is -0.331 e. The second-order valence-corrected chi connectivity index (χ2v) is 10.5. The number of benzene rings is 2. The molecule has 0 atom stereocenters. The number of carbonyl (C=O) groups excluding carboxylic acids is 1.